The van der Waals surface area contributed by atoms with Crippen LogP contribution in [0, 0.1) is 0 Å². The van der Waals surface area contributed by atoms with Gasteiger partial charge in [0.2, 0.25) is 0 Å². The van der Waals surface area contributed by atoms with Gasteiger partial charge in [-0.3, -0.25) is 4.98 Å². The zero-order valence-corrected chi connectivity index (χ0v) is 11.8. The number of aromatic carboxylic acids is 1. The Balaban J connectivity index is 2.66. The largest absolute Gasteiger partial charge is 0.478 e. The fourth-order valence-corrected chi connectivity index (χ4v) is 1.37. The molecule has 0 aliphatic rings. The molecule has 0 fully saturated rings. The molecule has 0 saturated heterocycles. The molecule has 0 aliphatic heterocycles. The topological polar surface area (TPSA) is 103 Å². The summed E-state index contributed by atoms with van der Waals surface area (Å²) in [5.41, 5.74) is -0.109. The molecule has 110 valence electrons. The number of carboxylic acids is 1. The van der Waals surface area contributed by atoms with Gasteiger partial charge in [-0.15, -0.1) is 0 Å². The Labute approximate surface area is 117 Å². The summed E-state index contributed by atoms with van der Waals surface area (Å²) in [6.07, 6.45) is 1.38. The van der Waals surface area contributed by atoms with Gasteiger partial charge in [-0.25, -0.2) is 9.59 Å². The first-order valence-electron chi connectivity index (χ1n) is 6.08. The van der Waals surface area contributed by atoms with Gasteiger partial charge in [-0.1, -0.05) is 0 Å². The molecule has 7 nitrogen and oxygen atoms in total. The van der Waals surface area contributed by atoms with Gasteiger partial charge in [0.15, 0.2) is 0 Å². The van der Waals surface area contributed by atoms with Gasteiger partial charge in [0.05, 0.1) is 29.9 Å². The number of aromatic nitrogens is 1. The van der Waals surface area contributed by atoms with E-state index in [-0.39, 0.29) is 24.7 Å². The average molecular weight is 281 g/mol. The number of carbonyl (C=O) groups is 2. The van der Waals surface area contributed by atoms with Crippen LogP contribution >= 0.6 is 0 Å². The molecule has 20 heavy (non-hydrogen) atoms. The van der Waals surface area contributed by atoms with Crippen LogP contribution in [0.15, 0.2) is 18.3 Å². The number of rotatable bonds is 5. The fourth-order valence-electron chi connectivity index (χ4n) is 1.37. The van der Waals surface area contributed by atoms with E-state index in [0.717, 1.165) is 0 Å². The maximum Gasteiger partial charge on any atom is 0.335 e. The van der Waals surface area contributed by atoms with Crippen molar-refractivity contribution in [2.45, 2.75) is 25.9 Å². The van der Waals surface area contributed by atoms with E-state index in [9.17, 15) is 14.7 Å². The number of urea groups is 1. The van der Waals surface area contributed by atoms with Gasteiger partial charge < -0.3 is 20.4 Å². The van der Waals surface area contributed by atoms with Crippen molar-refractivity contribution in [1.82, 2.24) is 15.2 Å². The number of carboxylic acid groups (broad SMARTS) is 1. The average Bonchev–Trinajstić information content (AvgIpc) is 2.44. The Morgan fingerprint density at radius 2 is 2.10 bits per heavy atom. The highest BCUT2D eigenvalue weighted by atomic mass is 16.4. The summed E-state index contributed by atoms with van der Waals surface area (Å²) in [5.74, 6) is -1.04. The molecule has 0 unspecified atom stereocenters. The predicted molar refractivity (Wildman–Crippen MR) is 72.4 cm³/mol. The van der Waals surface area contributed by atoms with Gasteiger partial charge in [0, 0.05) is 13.2 Å². The lowest BCUT2D eigenvalue weighted by Crippen LogP contribution is -2.51. The number of nitrogens with zero attached hydrogens (tertiary/aromatic N) is 2. The summed E-state index contributed by atoms with van der Waals surface area (Å²) in [5, 5.41) is 20.7. The van der Waals surface area contributed by atoms with E-state index in [0.29, 0.717) is 5.69 Å². The third kappa shape index (κ3) is 3.92. The number of carbonyl (C=O) groups excluding carboxylic acids is 1. The molecule has 1 aromatic rings. The molecule has 2 amide bonds. The summed E-state index contributed by atoms with van der Waals surface area (Å²) in [6.45, 7) is 3.42. The summed E-state index contributed by atoms with van der Waals surface area (Å²) in [7, 11) is 1.58. The van der Waals surface area contributed by atoms with Crippen LogP contribution in [0.1, 0.15) is 29.9 Å². The zero-order chi connectivity index (χ0) is 15.3. The van der Waals surface area contributed by atoms with Crippen molar-refractivity contribution in [2.24, 2.45) is 0 Å². The molecule has 0 saturated carbocycles. The van der Waals surface area contributed by atoms with Crippen LogP contribution < -0.4 is 5.32 Å². The van der Waals surface area contributed by atoms with Crippen LogP contribution in [0.2, 0.25) is 0 Å². The summed E-state index contributed by atoms with van der Waals surface area (Å²) in [4.78, 5) is 28.1. The first kappa shape index (κ1) is 15.9. The second kappa shape index (κ2) is 6.33. The van der Waals surface area contributed by atoms with Crippen LogP contribution in [0.25, 0.3) is 0 Å². The molecule has 7 heteroatoms. The van der Waals surface area contributed by atoms with Gasteiger partial charge in [-0.05, 0) is 26.0 Å². The van der Waals surface area contributed by atoms with Crippen LogP contribution in [-0.2, 0) is 6.54 Å². The quantitative estimate of drug-likeness (QED) is 0.737. The second-order valence-electron chi connectivity index (χ2n) is 5.03. The molecule has 1 aromatic heterocycles. The summed E-state index contributed by atoms with van der Waals surface area (Å²) >= 11 is 0. The Bertz CT molecular complexity index is 502. The standard InChI is InChI=1S/C13H19N3O4/c1-13(2,8-17)16(3)12(20)15-7-10-6-9(11(18)19)4-5-14-10/h4-6,17H,7-8H2,1-3H3,(H,15,20)(H,18,19). The molecule has 1 rings (SSSR count). The lowest BCUT2D eigenvalue weighted by atomic mass is 10.1. The number of hydrogen-bond acceptors (Lipinski definition) is 4. The van der Waals surface area contributed by atoms with E-state index in [1.165, 1.54) is 23.2 Å². The minimum Gasteiger partial charge on any atom is -0.478 e. The van der Waals surface area contributed by atoms with Crippen molar-refractivity contribution in [3.05, 3.63) is 29.6 Å². The van der Waals surface area contributed by atoms with Crippen molar-refractivity contribution in [3.63, 3.8) is 0 Å². The van der Waals surface area contributed by atoms with E-state index in [4.69, 9.17) is 5.11 Å². The fraction of sp³-hybridized carbons (Fsp3) is 0.462. The predicted octanol–water partition coefficient (Wildman–Crippen LogP) is 0.692. The Kier molecular flexibility index (Phi) is 5.04. The van der Waals surface area contributed by atoms with Gasteiger partial charge >= 0.3 is 12.0 Å². The first-order valence-corrected chi connectivity index (χ1v) is 6.08. The van der Waals surface area contributed by atoms with Crippen LogP contribution in [-0.4, -0.2) is 51.3 Å². The highest BCUT2D eigenvalue weighted by Crippen LogP contribution is 2.11. The smallest absolute Gasteiger partial charge is 0.335 e. The minimum absolute atomic E-state index is 0.117. The number of aliphatic hydroxyl groups excluding tert-OH is 1. The third-order valence-electron chi connectivity index (χ3n) is 3.08. The highest BCUT2D eigenvalue weighted by molar-refractivity contribution is 5.87. The third-order valence-corrected chi connectivity index (χ3v) is 3.08. The van der Waals surface area contributed by atoms with Crippen molar-refractivity contribution >= 4 is 12.0 Å². The highest BCUT2D eigenvalue weighted by Gasteiger charge is 2.26. The van der Waals surface area contributed by atoms with Crippen LogP contribution in [0.4, 0.5) is 4.79 Å². The Morgan fingerprint density at radius 3 is 2.65 bits per heavy atom. The number of likely N-dealkylation sites (N-methyl/N-ethyl adjacent to an activating group) is 1. The minimum atomic E-state index is -1.04. The van der Waals surface area contributed by atoms with Crippen molar-refractivity contribution in [2.75, 3.05) is 13.7 Å². The Hall–Kier alpha value is -2.15. The summed E-state index contributed by atoms with van der Waals surface area (Å²) in [6, 6.07) is 2.42. The molecule has 3 N–H and O–H groups in total. The van der Waals surface area contributed by atoms with E-state index in [1.54, 1.807) is 20.9 Å². The lowest BCUT2D eigenvalue weighted by Gasteiger charge is -2.33. The zero-order valence-electron chi connectivity index (χ0n) is 11.8. The molecule has 1 heterocycles. The van der Waals surface area contributed by atoms with Gasteiger partial charge in [-0.2, -0.15) is 0 Å². The molecular weight excluding hydrogens is 262 g/mol. The van der Waals surface area contributed by atoms with Crippen molar-refractivity contribution in [3.8, 4) is 0 Å². The molecular formula is C13H19N3O4. The number of aliphatic hydroxyl groups is 1. The van der Waals surface area contributed by atoms with Gasteiger partial charge in [0.25, 0.3) is 0 Å². The molecule has 0 bridgehead atoms. The van der Waals surface area contributed by atoms with E-state index < -0.39 is 11.5 Å². The number of nitrogens with one attached hydrogen (secondary N) is 1. The second-order valence-corrected chi connectivity index (χ2v) is 5.03. The normalized spacial score (nSPS) is 11.0. The molecule has 0 spiro atoms. The maximum absolute atomic E-state index is 11.9. The van der Waals surface area contributed by atoms with E-state index in [2.05, 4.69) is 10.3 Å². The molecule has 0 aliphatic carbocycles. The lowest BCUT2D eigenvalue weighted by molar-refractivity contribution is 0.0696. The van der Waals surface area contributed by atoms with E-state index >= 15 is 0 Å². The number of hydrogen-bond donors (Lipinski definition) is 3. The molecule has 0 atom stereocenters. The summed E-state index contributed by atoms with van der Waals surface area (Å²) < 4.78 is 0. The van der Waals surface area contributed by atoms with Crippen molar-refractivity contribution < 1.29 is 19.8 Å². The van der Waals surface area contributed by atoms with Crippen molar-refractivity contribution in [1.29, 1.82) is 0 Å². The van der Waals surface area contributed by atoms with E-state index in [1.807, 2.05) is 0 Å². The number of amides is 2. The number of pyridine rings is 1. The molecule has 0 aromatic carbocycles. The Morgan fingerprint density at radius 1 is 1.45 bits per heavy atom. The van der Waals surface area contributed by atoms with Crippen LogP contribution in [0.5, 0.6) is 0 Å². The monoisotopic (exact) mass is 281 g/mol. The first-order chi connectivity index (χ1) is 9.27. The SMILES string of the molecule is CN(C(=O)NCc1cc(C(=O)O)ccn1)C(C)(C)CO. The van der Waals surface area contributed by atoms with Gasteiger partial charge in [0.1, 0.15) is 0 Å². The molecule has 0 radical (unpaired) electrons. The van der Waals surface area contributed by atoms with Crippen LogP contribution in [0.3, 0.4) is 0 Å². The maximum atomic E-state index is 11.9.